The van der Waals surface area contributed by atoms with Gasteiger partial charge in [0, 0.05) is 32.3 Å². The molecule has 0 radical (unpaired) electrons. The van der Waals surface area contributed by atoms with Crippen LogP contribution in [0.3, 0.4) is 0 Å². The number of hydrogen-bond donors (Lipinski definition) is 1. The molecule has 0 aliphatic rings. The summed E-state index contributed by atoms with van der Waals surface area (Å²) >= 11 is 0. The lowest BCUT2D eigenvalue weighted by Crippen LogP contribution is -2.33. The Kier molecular flexibility index (Phi) is 6.79. The number of carboxylic acid groups (broad SMARTS) is 1. The minimum Gasteiger partial charge on any atom is -0.481 e. The molecule has 0 fully saturated rings. The van der Waals surface area contributed by atoms with Gasteiger partial charge in [0.15, 0.2) is 0 Å². The Labute approximate surface area is 138 Å². The van der Waals surface area contributed by atoms with E-state index in [0.717, 1.165) is 23.5 Å². The quantitative estimate of drug-likeness (QED) is 0.796. The highest BCUT2D eigenvalue weighted by Gasteiger charge is 2.19. The van der Waals surface area contributed by atoms with E-state index >= 15 is 0 Å². The summed E-state index contributed by atoms with van der Waals surface area (Å²) < 4.78 is 2.01. The largest absolute Gasteiger partial charge is 0.481 e. The molecule has 0 spiro atoms. The first-order chi connectivity index (χ1) is 10.6. The summed E-state index contributed by atoms with van der Waals surface area (Å²) in [7, 11) is 1.66. The zero-order chi connectivity index (χ0) is 17.7. The number of rotatable bonds is 8. The second-order valence-electron chi connectivity index (χ2n) is 6.74. The highest BCUT2D eigenvalue weighted by atomic mass is 16.4. The standard InChI is InChI=1S/C17H29N3O3/c1-11(2)9-20-14(5)15(13(4)18-20)7-8-16(21)19(6)10-12(3)17(22)23/h11-12H,7-10H2,1-6H3,(H,22,23). The average molecular weight is 323 g/mol. The molecule has 0 aromatic carbocycles. The van der Waals surface area contributed by atoms with Crippen molar-refractivity contribution < 1.29 is 14.7 Å². The summed E-state index contributed by atoms with van der Waals surface area (Å²) in [6.07, 6.45) is 1.01. The molecule has 0 saturated heterocycles. The fraction of sp³-hybridized carbons (Fsp3) is 0.706. The fourth-order valence-corrected chi connectivity index (χ4v) is 2.63. The SMILES string of the molecule is Cc1nn(CC(C)C)c(C)c1CCC(=O)N(C)CC(C)C(=O)O. The number of aliphatic carboxylic acids is 1. The number of nitrogens with zero attached hydrogens (tertiary/aromatic N) is 3. The van der Waals surface area contributed by atoms with Crippen LogP contribution in [0.15, 0.2) is 0 Å². The fourth-order valence-electron chi connectivity index (χ4n) is 2.63. The Bertz CT molecular complexity index is 564. The summed E-state index contributed by atoms with van der Waals surface area (Å²) in [6, 6.07) is 0. The smallest absolute Gasteiger partial charge is 0.308 e. The van der Waals surface area contributed by atoms with Gasteiger partial charge in [0.05, 0.1) is 11.6 Å². The van der Waals surface area contributed by atoms with Gasteiger partial charge in [-0.25, -0.2) is 0 Å². The maximum atomic E-state index is 12.2. The van der Waals surface area contributed by atoms with Gasteiger partial charge in [-0.2, -0.15) is 5.10 Å². The van der Waals surface area contributed by atoms with Gasteiger partial charge in [-0.1, -0.05) is 20.8 Å². The first-order valence-electron chi connectivity index (χ1n) is 8.13. The zero-order valence-corrected chi connectivity index (χ0v) is 15.1. The number of carbonyl (C=O) groups is 2. The number of aromatic nitrogens is 2. The van der Waals surface area contributed by atoms with E-state index in [1.54, 1.807) is 14.0 Å². The van der Waals surface area contributed by atoms with Crippen LogP contribution in [0, 0.1) is 25.7 Å². The maximum Gasteiger partial charge on any atom is 0.308 e. The first-order valence-corrected chi connectivity index (χ1v) is 8.13. The van der Waals surface area contributed by atoms with Gasteiger partial charge in [0.1, 0.15) is 0 Å². The molecule has 130 valence electrons. The van der Waals surface area contributed by atoms with Gasteiger partial charge in [-0.05, 0) is 31.7 Å². The molecule has 1 N–H and O–H groups in total. The number of hydrogen-bond acceptors (Lipinski definition) is 3. The van der Waals surface area contributed by atoms with E-state index in [4.69, 9.17) is 5.11 Å². The van der Waals surface area contributed by atoms with Crippen molar-refractivity contribution in [2.75, 3.05) is 13.6 Å². The summed E-state index contributed by atoms with van der Waals surface area (Å²) in [4.78, 5) is 24.6. The number of amides is 1. The molecule has 1 atom stereocenters. The highest BCUT2D eigenvalue weighted by Crippen LogP contribution is 2.17. The molecule has 6 nitrogen and oxygen atoms in total. The van der Waals surface area contributed by atoms with Crippen LogP contribution in [-0.4, -0.2) is 45.3 Å². The molecular formula is C17H29N3O3. The van der Waals surface area contributed by atoms with E-state index in [9.17, 15) is 9.59 Å². The normalized spacial score (nSPS) is 12.5. The predicted molar refractivity (Wildman–Crippen MR) is 89.3 cm³/mol. The number of carbonyl (C=O) groups excluding carboxylic acids is 1. The van der Waals surface area contributed by atoms with E-state index in [2.05, 4.69) is 18.9 Å². The third-order valence-electron chi connectivity index (χ3n) is 4.05. The molecule has 1 amide bonds. The molecule has 0 aliphatic carbocycles. The summed E-state index contributed by atoms with van der Waals surface area (Å²) in [5, 5.41) is 13.5. The molecule has 6 heteroatoms. The lowest BCUT2D eigenvalue weighted by Gasteiger charge is -2.19. The Hall–Kier alpha value is -1.85. The number of aryl methyl sites for hydroxylation is 1. The minimum atomic E-state index is -0.883. The van der Waals surface area contributed by atoms with Crippen molar-refractivity contribution in [3.8, 4) is 0 Å². The van der Waals surface area contributed by atoms with Gasteiger partial charge in [-0.3, -0.25) is 14.3 Å². The van der Waals surface area contributed by atoms with E-state index < -0.39 is 11.9 Å². The van der Waals surface area contributed by atoms with Crippen molar-refractivity contribution in [3.05, 3.63) is 17.0 Å². The maximum absolute atomic E-state index is 12.2. The van der Waals surface area contributed by atoms with E-state index in [1.165, 1.54) is 4.90 Å². The molecule has 23 heavy (non-hydrogen) atoms. The lowest BCUT2D eigenvalue weighted by molar-refractivity contribution is -0.142. The van der Waals surface area contributed by atoms with Crippen LogP contribution in [0.25, 0.3) is 0 Å². The van der Waals surface area contributed by atoms with Crippen LogP contribution in [-0.2, 0) is 22.6 Å². The molecule has 0 bridgehead atoms. The Morgan fingerprint density at radius 1 is 1.26 bits per heavy atom. The highest BCUT2D eigenvalue weighted by molar-refractivity contribution is 5.77. The van der Waals surface area contributed by atoms with Crippen LogP contribution in [0.4, 0.5) is 0 Å². The number of carboxylic acids is 1. The van der Waals surface area contributed by atoms with Crippen molar-refractivity contribution in [1.82, 2.24) is 14.7 Å². The Morgan fingerprint density at radius 3 is 2.39 bits per heavy atom. The lowest BCUT2D eigenvalue weighted by atomic mass is 10.1. The summed E-state index contributed by atoms with van der Waals surface area (Å²) in [5.41, 5.74) is 3.21. The van der Waals surface area contributed by atoms with Gasteiger partial charge in [-0.15, -0.1) is 0 Å². The van der Waals surface area contributed by atoms with Crippen molar-refractivity contribution >= 4 is 11.9 Å². The average Bonchev–Trinajstić information content (AvgIpc) is 2.70. The van der Waals surface area contributed by atoms with Crippen LogP contribution >= 0.6 is 0 Å². The molecule has 1 aromatic rings. The van der Waals surface area contributed by atoms with Gasteiger partial charge in [0.2, 0.25) is 5.91 Å². The first kappa shape index (κ1) is 19.2. The van der Waals surface area contributed by atoms with Crippen LogP contribution in [0.1, 0.15) is 44.1 Å². The van der Waals surface area contributed by atoms with Crippen LogP contribution in [0.2, 0.25) is 0 Å². The van der Waals surface area contributed by atoms with E-state index in [1.807, 2.05) is 18.5 Å². The minimum absolute atomic E-state index is 0.0338. The zero-order valence-electron chi connectivity index (χ0n) is 15.1. The van der Waals surface area contributed by atoms with Crippen molar-refractivity contribution in [3.63, 3.8) is 0 Å². The Balaban J connectivity index is 2.66. The van der Waals surface area contributed by atoms with Crippen molar-refractivity contribution in [2.24, 2.45) is 11.8 Å². The molecule has 1 heterocycles. The van der Waals surface area contributed by atoms with Gasteiger partial charge >= 0.3 is 5.97 Å². The third kappa shape index (κ3) is 5.37. The molecule has 0 saturated carbocycles. The second-order valence-corrected chi connectivity index (χ2v) is 6.74. The van der Waals surface area contributed by atoms with Crippen LogP contribution in [0.5, 0.6) is 0 Å². The summed E-state index contributed by atoms with van der Waals surface area (Å²) in [5.74, 6) is -0.952. The molecule has 1 rings (SSSR count). The monoisotopic (exact) mass is 323 g/mol. The second kappa shape index (κ2) is 8.13. The van der Waals surface area contributed by atoms with Crippen molar-refractivity contribution in [2.45, 2.75) is 54.0 Å². The van der Waals surface area contributed by atoms with Gasteiger partial charge < -0.3 is 10.0 Å². The van der Waals surface area contributed by atoms with Crippen LogP contribution < -0.4 is 0 Å². The predicted octanol–water partition coefficient (Wildman–Crippen LogP) is 2.27. The topological polar surface area (TPSA) is 75.4 Å². The molecule has 0 aliphatic heterocycles. The third-order valence-corrected chi connectivity index (χ3v) is 4.05. The molecule has 1 aromatic heterocycles. The molecule has 1 unspecified atom stereocenters. The summed E-state index contributed by atoms with van der Waals surface area (Å²) in [6.45, 7) is 11.0. The van der Waals surface area contributed by atoms with Crippen molar-refractivity contribution in [1.29, 1.82) is 0 Å². The van der Waals surface area contributed by atoms with E-state index in [0.29, 0.717) is 18.8 Å². The molecular weight excluding hydrogens is 294 g/mol. The Morgan fingerprint density at radius 2 is 1.87 bits per heavy atom. The van der Waals surface area contributed by atoms with E-state index in [-0.39, 0.29) is 12.5 Å². The van der Waals surface area contributed by atoms with Gasteiger partial charge in [0.25, 0.3) is 0 Å².